The van der Waals surface area contributed by atoms with Gasteiger partial charge in [-0.3, -0.25) is 4.79 Å². The van der Waals surface area contributed by atoms with Gasteiger partial charge in [-0.2, -0.15) is 0 Å². The van der Waals surface area contributed by atoms with Crippen LogP contribution in [0.1, 0.15) is 20.3 Å². The fraction of sp³-hybridized carbons (Fsp3) is 0.385. The van der Waals surface area contributed by atoms with Crippen LogP contribution in [0.25, 0.3) is 11.0 Å². The Labute approximate surface area is 111 Å². The number of amides is 1. The molecule has 0 unspecified atom stereocenters. The predicted molar refractivity (Wildman–Crippen MR) is 73.8 cm³/mol. The highest BCUT2D eigenvalue weighted by atomic mass is 16.5. The molecule has 0 fully saturated rings. The van der Waals surface area contributed by atoms with Crippen LogP contribution in [0.15, 0.2) is 18.2 Å². The molecule has 6 nitrogen and oxygen atoms in total. The number of imidazole rings is 1. The van der Waals surface area contributed by atoms with Crippen molar-refractivity contribution < 1.29 is 9.53 Å². The van der Waals surface area contributed by atoms with Crippen molar-refractivity contribution in [2.24, 2.45) is 5.73 Å². The molecule has 0 saturated carbocycles. The molecule has 0 aliphatic carbocycles. The van der Waals surface area contributed by atoms with Crippen molar-refractivity contribution in [1.29, 1.82) is 0 Å². The number of benzene rings is 1. The van der Waals surface area contributed by atoms with E-state index in [-0.39, 0.29) is 12.3 Å². The predicted octanol–water partition coefficient (Wildman–Crippen LogP) is 1.24. The standard InChI is InChI=1S/C13H18N4O2/c1-13(2,7-11(14)18)17-10-6-8(19-3)4-5-9(10)16-12(17)15/h4-6H,7H2,1-3H3,(H2,14,18)(H2,15,16). The first-order chi connectivity index (χ1) is 8.85. The summed E-state index contributed by atoms with van der Waals surface area (Å²) in [6.07, 6.45) is 0.180. The Kier molecular flexibility index (Phi) is 3.09. The Bertz CT molecular complexity index is 631. The van der Waals surface area contributed by atoms with E-state index in [9.17, 15) is 4.79 Å². The summed E-state index contributed by atoms with van der Waals surface area (Å²) in [7, 11) is 1.60. The largest absolute Gasteiger partial charge is 0.497 e. The molecular weight excluding hydrogens is 244 g/mol. The molecule has 2 rings (SSSR count). The number of nitrogen functional groups attached to an aromatic ring is 1. The molecule has 19 heavy (non-hydrogen) atoms. The van der Waals surface area contributed by atoms with Gasteiger partial charge in [-0.05, 0) is 26.0 Å². The van der Waals surface area contributed by atoms with E-state index in [4.69, 9.17) is 16.2 Å². The van der Waals surface area contributed by atoms with Crippen LogP contribution in [-0.2, 0) is 10.3 Å². The van der Waals surface area contributed by atoms with Crippen LogP contribution in [-0.4, -0.2) is 22.6 Å². The number of carbonyl (C=O) groups is 1. The molecule has 6 heteroatoms. The van der Waals surface area contributed by atoms with Gasteiger partial charge in [0.25, 0.3) is 0 Å². The molecular formula is C13H18N4O2. The van der Waals surface area contributed by atoms with Gasteiger partial charge in [-0.25, -0.2) is 4.98 Å². The number of nitrogens with two attached hydrogens (primary N) is 2. The molecule has 0 aliphatic rings. The molecule has 0 bridgehead atoms. The summed E-state index contributed by atoms with van der Waals surface area (Å²) in [6.45, 7) is 3.80. The lowest BCUT2D eigenvalue weighted by Gasteiger charge is -2.27. The Morgan fingerprint density at radius 2 is 2.16 bits per heavy atom. The first-order valence-electron chi connectivity index (χ1n) is 5.96. The lowest BCUT2D eigenvalue weighted by Crippen LogP contribution is -2.33. The second-order valence-corrected chi connectivity index (χ2v) is 5.12. The molecule has 0 atom stereocenters. The summed E-state index contributed by atoms with van der Waals surface area (Å²) in [5, 5.41) is 0. The molecule has 2 aromatic rings. The van der Waals surface area contributed by atoms with E-state index in [2.05, 4.69) is 4.98 Å². The lowest BCUT2D eigenvalue weighted by molar-refractivity contribution is -0.119. The molecule has 0 radical (unpaired) electrons. The van der Waals surface area contributed by atoms with Crippen molar-refractivity contribution in [3.8, 4) is 5.75 Å². The van der Waals surface area contributed by atoms with E-state index in [0.717, 1.165) is 11.0 Å². The Morgan fingerprint density at radius 1 is 1.47 bits per heavy atom. The van der Waals surface area contributed by atoms with Gasteiger partial charge in [0, 0.05) is 12.5 Å². The van der Waals surface area contributed by atoms with Crippen molar-refractivity contribution in [2.75, 3.05) is 12.8 Å². The zero-order valence-electron chi connectivity index (χ0n) is 11.3. The van der Waals surface area contributed by atoms with Crippen LogP contribution in [0.2, 0.25) is 0 Å². The highest BCUT2D eigenvalue weighted by Crippen LogP contribution is 2.31. The average Bonchev–Trinajstić information content (AvgIpc) is 2.62. The monoisotopic (exact) mass is 262 g/mol. The van der Waals surface area contributed by atoms with E-state index < -0.39 is 5.54 Å². The third kappa shape index (κ3) is 2.33. The molecule has 1 aromatic heterocycles. The molecule has 1 amide bonds. The van der Waals surface area contributed by atoms with E-state index in [1.807, 2.05) is 36.6 Å². The Balaban J connectivity index is 2.64. The quantitative estimate of drug-likeness (QED) is 0.866. The number of hydrogen-bond acceptors (Lipinski definition) is 4. The third-order valence-corrected chi connectivity index (χ3v) is 3.10. The number of carbonyl (C=O) groups excluding carboxylic acids is 1. The minimum absolute atomic E-state index is 0.180. The van der Waals surface area contributed by atoms with Crippen LogP contribution in [0.5, 0.6) is 5.75 Å². The van der Waals surface area contributed by atoms with E-state index >= 15 is 0 Å². The first-order valence-corrected chi connectivity index (χ1v) is 5.96. The third-order valence-electron chi connectivity index (χ3n) is 3.10. The topological polar surface area (TPSA) is 96.2 Å². The van der Waals surface area contributed by atoms with Crippen LogP contribution in [0, 0.1) is 0 Å². The smallest absolute Gasteiger partial charge is 0.219 e. The number of ether oxygens (including phenoxy) is 1. The van der Waals surface area contributed by atoms with Crippen molar-refractivity contribution >= 4 is 22.9 Å². The second kappa shape index (κ2) is 4.46. The first kappa shape index (κ1) is 13.2. The fourth-order valence-electron chi connectivity index (χ4n) is 2.34. The van der Waals surface area contributed by atoms with Crippen molar-refractivity contribution in [2.45, 2.75) is 25.8 Å². The van der Waals surface area contributed by atoms with Gasteiger partial charge < -0.3 is 20.8 Å². The normalized spacial score (nSPS) is 11.7. The van der Waals surface area contributed by atoms with Crippen molar-refractivity contribution in [3.05, 3.63) is 18.2 Å². The summed E-state index contributed by atoms with van der Waals surface area (Å²) in [5.41, 5.74) is 12.3. The van der Waals surface area contributed by atoms with Gasteiger partial charge in [0.05, 0.1) is 23.7 Å². The average molecular weight is 262 g/mol. The van der Waals surface area contributed by atoms with Crippen LogP contribution >= 0.6 is 0 Å². The van der Waals surface area contributed by atoms with E-state index in [0.29, 0.717) is 11.7 Å². The molecule has 1 aromatic carbocycles. The van der Waals surface area contributed by atoms with Crippen LogP contribution in [0.3, 0.4) is 0 Å². The highest BCUT2D eigenvalue weighted by molar-refractivity contribution is 5.81. The number of hydrogen-bond donors (Lipinski definition) is 2. The second-order valence-electron chi connectivity index (χ2n) is 5.12. The van der Waals surface area contributed by atoms with Crippen molar-refractivity contribution in [1.82, 2.24) is 9.55 Å². The molecule has 4 N–H and O–H groups in total. The van der Waals surface area contributed by atoms with Gasteiger partial charge in [-0.15, -0.1) is 0 Å². The minimum atomic E-state index is -0.545. The molecule has 0 saturated heterocycles. The number of aromatic nitrogens is 2. The molecule has 0 spiro atoms. The number of primary amides is 1. The fourth-order valence-corrected chi connectivity index (χ4v) is 2.34. The molecule has 102 valence electrons. The maximum atomic E-state index is 11.2. The van der Waals surface area contributed by atoms with Crippen molar-refractivity contribution in [3.63, 3.8) is 0 Å². The van der Waals surface area contributed by atoms with Gasteiger partial charge in [0.15, 0.2) is 0 Å². The van der Waals surface area contributed by atoms with Gasteiger partial charge in [0.2, 0.25) is 11.9 Å². The zero-order chi connectivity index (χ0) is 14.2. The number of rotatable bonds is 4. The van der Waals surface area contributed by atoms with Crippen LogP contribution < -0.4 is 16.2 Å². The van der Waals surface area contributed by atoms with E-state index in [1.165, 1.54) is 0 Å². The number of anilines is 1. The summed E-state index contributed by atoms with van der Waals surface area (Å²) < 4.78 is 7.02. The summed E-state index contributed by atoms with van der Waals surface area (Å²) >= 11 is 0. The zero-order valence-corrected chi connectivity index (χ0v) is 11.3. The minimum Gasteiger partial charge on any atom is -0.497 e. The maximum absolute atomic E-state index is 11.2. The molecule has 0 aliphatic heterocycles. The summed E-state index contributed by atoms with van der Waals surface area (Å²) in [5.74, 6) is 0.687. The number of fused-ring (bicyclic) bond motifs is 1. The van der Waals surface area contributed by atoms with Gasteiger partial charge in [0.1, 0.15) is 5.75 Å². The Morgan fingerprint density at radius 3 is 2.74 bits per heavy atom. The molecule has 1 heterocycles. The van der Waals surface area contributed by atoms with Crippen LogP contribution in [0.4, 0.5) is 5.95 Å². The van der Waals surface area contributed by atoms with Gasteiger partial charge in [-0.1, -0.05) is 0 Å². The summed E-state index contributed by atoms with van der Waals surface area (Å²) in [4.78, 5) is 15.5. The Hall–Kier alpha value is -2.24. The lowest BCUT2D eigenvalue weighted by atomic mass is 9.99. The highest BCUT2D eigenvalue weighted by Gasteiger charge is 2.27. The van der Waals surface area contributed by atoms with Gasteiger partial charge >= 0.3 is 0 Å². The van der Waals surface area contributed by atoms with E-state index in [1.54, 1.807) is 7.11 Å². The summed E-state index contributed by atoms with van der Waals surface area (Å²) in [6, 6.07) is 5.50. The SMILES string of the molecule is COc1ccc2nc(N)n(C(C)(C)CC(N)=O)c2c1. The maximum Gasteiger partial charge on any atom is 0.219 e. The number of methoxy groups -OCH3 is 1. The number of nitrogens with zero attached hydrogens (tertiary/aromatic N) is 2.